The molecule has 9 heavy (non-hydrogen) atoms. The zero-order chi connectivity index (χ0) is 6.57. The van der Waals surface area contributed by atoms with E-state index in [-0.39, 0.29) is 22.4 Å². The quantitative estimate of drug-likeness (QED) is 0.252. The Morgan fingerprint density at radius 3 is 2.22 bits per heavy atom. The van der Waals surface area contributed by atoms with Crippen molar-refractivity contribution < 1.29 is 32.4 Å². The topological polar surface area (TPSA) is 99.5 Å². The second-order valence-electron chi connectivity index (χ2n) is 0.925. The number of amides is 1. The monoisotopic (exact) mass is 220 g/mol. The number of hydrogen-bond acceptors (Lipinski definition) is 4. The van der Waals surface area contributed by atoms with Gasteiger partial charge in [-0.2, -0.15) is 5.26 Å². The van der Waals surface area contributed by atoms with E-state index < -0.39 is 11.6 Å². The van der Waals surface area contributed by atoms with Crippen LogP contribution in [0.1, 0.15) is 0 Å². The van der Waals surface area contributed by atoms with E-state index >= 15 is 0 Å². The number of carbonyl (C=O) groups is 1. The van der Waals surface area contributed by atoms with Gasteiger partial charge in [-0.25, -0.2) is 0 Å². The minimum atomic E-state index is -1.03. The third-order valence-corrected chi connectivity index (χ3v) is 0.439. The average Bonchev–Trinajstić information content (AvgIpc) is 1.69. The fraction of sp³-hybridized carbons (Fsp3) is 0. The van der Waals surface area contributed by atoms with E-state index in [0.717, 1.165) is 0 Å². The van der Waals surface area contributed by atoms with E-state index in [9.17, 15) is 4.79 Å². The van der Waals surface area contributed by atoms with Crippen LogP contribution in [0.3, 0.4) is 0 Å². The summed E-state index contributed by atoms with van der Waals surface area (Å²) in [6, 6.07) is 1.28. The molecule has 0 aliphatic heterocycles. The van der Waals surface area contributed by atoms with Gasteiger partial charge in [0.1, 0.15) is 6.07 Å². The molecule has 0 saturated carbocycles. The van der Waals surface area contributed by atoms with Gasteiger partial charge in [0.05, 0.1) is 0 Å². The molecule has 0 heterocycles. The zero-order valence-corrected chi connectivity index (χ0v) is 5.61. The molecule has 0 fully saturated rings. The fourth-order valence-electron chi connectivity index (χ4n) is 0.127. The summed E-state index contributed by atoms with van der Waals surface area (Å²) >= 11 is 0. The Morgan fingerprint density at radius 1 is 1.78 bits per heavy atom. The van der Waals surface area contributed by atoms with Crippen molar-refractivity contribution >= 4 is 11.6 Å². The molecule has 0 aromatic carbocycles. The van der Waals surface area contributed by atoms with Crippen LogP contribution in [0.25, 0.3) is 0 Å². The van der Waals surface area contributed by atoms with Gasteiger partial charge in [0.2, 0.25) is 5.71 Å². The Morgan fingerprint density at radius 2 is 2.22 bits per heavy atom. The summed E-state index contributed by atoms with van der Waals surface area (Å²) in [7, 11) is 0. The number of primary amides is 1. The van der Waals surface area contributed by atoms with E-state index in [1.807, 2.05) is 0 Å². The van der Waals surface area contributed by atoms with Crippen molar-refractivity contribution in [3.05, 3.63) is 0 Å². The van der Waals surface area contributed by atoms with Crippen molar-refractivity contribution in [2.75, 3.05) is 0 Å². The summed E-state index contributed by atoms with van der Waals surface area (Å²) in [6.07, 6.45) is 0. The van der Waals surface area contributed by atoms with E-state index in [0.29, 0.717) is 0 Å². The SMILES string of the molecule is N#C/C(=N/O)C(N)=O.[Ag]. The minimum Gasteiger partial charge on any atom is -0.410 e. The van der Waals surface area contributed by atoms with Crippen LogP contribution < -0.4 is 5.73 Å². The first-order valence-corrected chi connectivity index (χ1v) is 1.64. The Kier molecular flexibility index (Phi) is 6.51. The third-order valence-electron chi connectivity index (χ3n) is 0.439. The second kappa shape index (κ2) is 5.31. The van der Waals surface area contributed by atoms with Crippen molar-refractivity contribution in [3.8, 4) is 6.07 Å². The number of hydrogen-bond donors (Lipinski definition) is 2. The second-order valence-corrected chi connectivity index (χ2v) is 0.925. The maximum absolute atomic E-state index is 9.87. The number of nitrogens with two attached hydrogens (primary N) is 1. The van der Waals surface area contributed by atoms with E-state index in [1.165, 1.54) is 6.07 Å². The van der Waals surface area contributed by atoms with Gasteiger partial charge in [0.15, 0.2) is 0 Å². The Hall–Kier alpha value is -0.830. The molecule has 1 amide bonds. The normalized spacial score (nSPS) is 9.00. The number of rotatable bonds is 1. The van der Waals surface area contributed by atoms with Crippen LogP contribution in [0.2, 0.25) is 0 Å². The average molecular weight is 221 g/mol. The number of nitrogens with zero attached hydrogens (tertiary/aromatic N) is 2. The summed E-state index contributed by atoms with van der Waals surface area (Å²) in [4.78, 5) is 9.87. The van der Waals surface area contributed by atoms with Gasteiger partial charge >= 0.3 is 0 Å². The molecule has 0 rings (SSSR count). The Balaban J connectivity index is 0. The molecule has 1 radical (unpaired) electrons. The molecule has 0 aromatic heterocycles. The number of oxime groups is 1. The molecular formula is C3H3AgN3O2. The maximum Gasteiger partial charge on any atom is 0.281 e. The first kappa shape index (κ1) is 11.0. The van der Waals surface area contributed by atoms with Crippen LogP contribution in [0.15, 0.2) is 5.16 Å². The molecule has 0 spiro atoms. The third kappa shape index (κ3) is 3.73. The molecule has 0 bridgehead atoms. The van der Waals surface area contributed by atoms with Crippen molar-refractivity contribution in [2.45, 2.75) is 0 Å². The molecule has 0 aromatic rings. The molecule has 53 valence electrons. The van der Waals surface area contributed by atoms with Crippen LogP contribution in [-0.2, 0) is 27.2 Å². The molecule has 0 aliphatic rings. The first-order chi connectivity index (χ1) is 3.72. The maximum atomic E-state index is 9.87. The van der Waals surface area contributed by atoms with E-state index in [2.05, 4.69) is 10.9 Å². The van der Waals surface area contributed by atoms with Gasteiger partial charge in [-0.3, -0.25) is 4.79 Å². The van der Waals surface area contributed by atoms with Crippen molar-refractivity contribution in [1.82, 2.24) is 0 Å². The summed E-state index contributed by atoms with van der Waals surface area (Å²) in [6.45, 7) is 0. The summed E-state index contributed by atoms with van der Waals surface area (Å²) < 4.78 is 0. The molecule has 0 atom stereocenters. The van der Waals surface area contributed by atoms with Crippen LogP contribution in [0.5, 0.6) is 0 Å². The van der Waals surface area contributed by atoms with Gasteiger partial charge < -0.3 is 10.9 Å². The number of nitriles is 1. The van der Waals surface area contributed by atoms with Crippen molar-refractivity contribution in [1.29, 1.82) is 5.26 Å². The first-order valence-electron chi connectivity index (χ1n) is 1.64. The van der Waals surface area contributed by atoms with Gasteiger partial charge in [-0.1, -0.05) is 5.16 Å². The molecule has 3 N–H and O–H groups in total. The molecule has 6 heteroatoms. The van der Waals surface area contributed by atoms with Crippen LogP contribution >= 0.6 is 0 Å². The minimum absolute atomic E-state index is 0. The molecule has 5 nitrogen and oxygen atoms in total. The Bertz CT molecular complexity index is 170. The Labute approximate surface area is 66.6 Å². The predicted octanol–water partition coefficient (Wildman–Crippen LogP) is -1.18. The van der Waals surface area contributed by atoms with Gasteiger partial charge in [-0.05, 0) is 0 Å². The van der Waals surface area contributed by atoms with Crippen molar-refractivity contribution in [2.24, 2.45) is 10.9 Å². The fourth-order valence-corrected chi connectivity index (χ4v) is 0.127. The zero-order valence-electron chi connectivity index (χ0n) is 4.13. The molecular weight excluding hydrogens is 218 g/mol. The largest absolute Gasteiger partial charge is 0.410 e. The predicted molar refractivity (Wildman–Crippen MR) is 24.0 cm³/mol. The van der Waals surface area contributed by atoms with Crippen LogP contribution in [0.4, 0.5) is 0 Å². The smallest absolute Gasteiger partial charge is 0.281 e. The van der Waals surface area contributed by atoms with Crippen LogP contribution in [-0.4, -0.2) is 16.8 Å². The molecule has 0 unspecified atom stereocenters. The van der Waals surface area contributed by atoms with E-state index in [4.69, 9.17) is 10.5 Å². The van der Waals surface area contributed by atoms with Gasteiger partial charge in [0, 0.05) is 22.4 Å². The van der Waals surface area contributed by atoms with Crippen molar-refractivity contribution in [3.63, 3.8) is 0 Å². The van der Waals surface area contributed by atoms with Crippen LogP contribution in [0, 0.1) is 11.3 Å². The standard InChI is InChI=1S/C3H3N3O2.Ag/c4-1-2(6-8)3(5)7;/h8H,(H2,5,7);/b6-2-;. The molecule has 0 aliphatic carbocycles. The number of carbonyl (C=O) groups excluding carboxylic acids is 1. The van der Waals surface area contributed by atoms with Gasteiger partial charge in [0.25, 0.3) is 5.91 Å². The molecule has 0 saturated heterocycles. The van der Waals surface area contributed by atoms with Gasteiger partial charge in [-0.15, -0.1) is 0 Å². The summed E-state index contributed by atoms with van der Waals surface area (Å²) in [5.74, 6) is -1.03. The van der Waals surface area contributed by atoms with E-state index in [1.54, 1.807) is 0 Å². The summed E-state index contributed by atoms with van der Waals surface area (Å²) in [5, 5.41) is 17.9. The summed E-state index contributed by atoms with van der Waals surface area (Å²) in [5.41, 5.74) is 3.82.